The molecule has 2 nitrogen and oxygen atoms in total. The molecule has 5 rings (SSSR count). The van der Waals surface area contributed by atoms with Crippen molar-refractivity contribution in [1.29, 1.82) is 0 Å². The van der Waals surface area contributed by atoms with Crippen molar-refractivity contribution in [1.82, 2.24) is 4.98 Å². The van der Waals surface area contributed by atoms with Crippen LogP contribution in [0.3, 0.4) is 0 Å². The Kier molecular flexibility index (Phi) is 3.28. The minimum absolute atomic E-state index is 0.288. The molecule has 0 unspecified atom stereocenters. The first-order valence-corrected chi connectivity index (χ1v) is 8.30. The van der Waals surface area contributed by atoms with Crippen LogP contribution in [-0.4, -0.2) is 4.98 Å². The molecular weight excluding hydrogens is 351 g/mol. The molecule has 0 aliphatic heterocycles. The van der Waals surface area contributed by atoms with Gasteiger partial charge in [-0.25, -0.2) is 4.98 Å². The van der Waals surface area contributed by atoms with Crippen molar-refractivity contribution in [3.63, 3.8) is 0 Å². The summed E-state index contributed by atoms with van der Waals surface area (Å²) in [5.41, 5.74) is 2.38. The molecule has 2 heterocycles. The van der Waals surface area contributed by atoms with E-state index in [0.717, 1.165) is 39.6 Å². The minimum atomic E-state index is -4.40. The Labute approximate surface area is 151 Å². The summed E-state index contributed by atoms with van der Waals surface area (Å²) >= 11 is 0. The quantitative estimate of drug-likeness (QED) is 0.335. The molecule has 0 aliphatic rings. The Morgan fingerprint density at radius 2 is 1.67 bits per heavy atom. The first-order valence-electron chi connectivity index (χ1n) is 8.30. The van der Waals surface area contributed by atoms with Gasteiger partial charge >= 0.3 is 6.18 Å². The molecule has 0 spiro atoms. The van der Waals surface area contributed by atoms with Crippen LogP contribution < -0.4 is 0 Å². The lowest BCUT2D eigenvalue weighted by Gasteiger charge is -2.08. The second-order valence-corrected chi connectivity index (χ2v) is 6.33. The van der Waals surface area contributed by atoms with Crippen LogP contribution >= 0.6 is 0 Å². The first-order chi connectivity index (χ1) is 13.0. The van der Waals surface area contributed by atoms with Crippen molar-refractivity contribution in [3.05, 3.63) is 78.4 Å². The fourth-order valence-corrected chi connectivity index (χ4v) is 3.26. The maximum atomic E-state index is 13.0. The molecule has 3 aromatic carbocycles. The molecule has 0 N–H and O–H groups in total. The fourth-order valence-electron chi connectivity index (χ4n) is 3.26. The van der Waals surface area contributed by atoms with Crippen molar-refractivity contribution in [2.75, 3.05) is 0 Å². The predicted molar refractivity (Wildman–Crippen MR) is 98.3 cm³/mol. The van der Waals surface area contributed by atoms with Gasteiger partial charge in [0.2, 0.25) is 0 Å². The maximum absolute atomic E-state index is 13.0. The van der Waals surface area contributed by atoms with E-state index in [1.54, 1.807) is 6.07 Å². The van der Waals surface area contributed by atoms with Gasteiger partial charge in [-0.05, 0) is 42.5 Å². The highest BCUT2D eigenvalue weighted by molar-refractivity contribution is 6.06. The van der Waals surface area contributed by atoms with Crippen molar-refractivity contribution < 1.29 is 17.6 Å². The van der Waals surface area contributed by atoms with Gasteiger partial charge in [0.25, 0.3) is 0 Å². The van der Waals surface area contributed by atoms with Gasteiger partial charge in [0, 0.05) is 27.8 Å². The number of nitrogens with zero attached hydrogens (tertiary/aromatic N) is 1. The number of furan rings is 1. The smallest absolute Gasteiger partial charge is 0.416 e. The van der Waals surface area contributed by atoms with Gasteiger partial charge in [-0.15, -0.1) is 0 Å². The van der Waals surface area contributed by atoms with Gasteiger partial charge in [-0.1, -0.05) is 24.3 Å². The Hall–Kier alpha value is -3.34. The summed E-state index contributed by atoms with van der Waals surface area (Å²) in [7, 11) is 0. The number of para-hydroxylation sites is 1. The number of fused-ring (bicyclic) bond motifs is 4. The molecule has 0 amide bonds. The zero-order valence-corrected chi connectivity index (χ0v) is 13.8. The summed E-state index contributed by atoms with van der Waals surface area (Å²) in [5.74, 6) is 0. The SMILES string of the molecule is FC(F)(F)c1ccc2c[c]c(-c3ccc4oc5ccccc5c4c3)nc2c1. The number of hydrogen-bond acceptors (Lipinski definition) is 2. The third kappa shape index (κ3) is 2.63. The minimum Gasteiger partial charge on any atom is -0.456 e. The molecule has 1 radical (unpaired) electrons. The second kappa shape index (κ2) is 5.58. The number of alkyl halides is 3. The monoisotopic (exact) mass is 362 g/mol. The molecule has 5 heteroatoms. The van der Waals surface area contributed by atoms with E-state index in [0.29, 0.717) is 11.1 Å². The van der Waals surface area contributed by atoms with E-state index in [-0.39, 0.29) is 5.52 Å². The van der Waals surface area contributed by atoms with Gasteiger partial charge in [-0.2, -0.15) is 13.2 Å². The molecule has 0 aliphatic carbocycles. The van der Waals surface area contributed by atoms with Crippen molar-refractivity contribution in [2.45, 2.75) is 6.18 Å². The van der Waals surface area contributed by atoms with Crippen LogP contribution in [0.15, 0.2) is 71.1 Å². The van der Waals surface area contributed by atoms with Crippen LogP contribution in [0.2, 0.25) is 0 Å². The number of halogens is 3. The van der Waals surface area contributed by atoms with E-state index in [2.05, 4.69) is 11.1 Å². The van der Waals surface area contributed by atoms with Crippen molar-refractivity contribution in [2.24, 2.45) is 0 Å². The summed E-state index contributed by atoms with van der Waals surface area (Å²) < 4.78 is 44.8. The fraction of sp³-hybridized carbons (Fsp3) is 0.0455. The highest BCUT2D eigenvalue weighted by Crippen LogP contribution is 2.34. The predicted octanol–water partition coefficient (Wildman–Crippen LogP) is 6.62. The van der Waals surface area contributed by atoms with Gasteiger partial charge in [0.1, 0.15) is 11.2 Å². The standard InChI is InChI=1S/C22H11F3NO/c23-22(24,25)15-8-5-13-6-9-18(26-19(13)12-15)14-7-10-21-17(11-14)16-3-1-2-4-20(16)27-21/h1-8,10-12H. The van der Waals surface area contributed by atoms with Crippen molar-refractivity contribution >= 4 is 32.8 Å². The van der Waals surface area contributed by atoms with E-state index in [4.69, 9.17) is 4.42 Å². The normalized spacial score (nSPS) is 12.3. The number of rotatable bonds is 1. The summed E-state index contributed by atoms with van der Waals surface area (Å²) in [5, 5.41) is 2.53. The number of hydrogen-bond donors (Lipinski definition) is 0. The molecule has 27 heavy (non-hydrogen) atoms. The maximum Gasteiger partial charge on any atom is 0.416 e. The third-order valence-electron chi connectivity index (χ3n) is 4.60. The molecule has 0 bridgehead atoms. The van der Waals surface area contributed by atoms with Crippen LogP contribution in [0.4, 0.5) is 13.2 Å². The molecular formula is C22H11F3NO. The average Bonchev–Trinajstić information content (AvgIpc) is 3.04. The second-order valence-electron chi connectivity index (χ2n) is 6.33. The lowest BCUT2D eigenvalue weighted by Crippen LogP contribution is -2.04. The highest BCUT2D eigenvalue weighted by atomic mass is 19.4. The van der Waals surface area contributed by atoms with E-state index in [1.165, 1.54) is 6.07 Å². The Morgan fingerprint density at radius 1 is 0.852 bits per heavy atom. The number of benzene rings is 3. The Morgan fingerprint density at radius 3 is 2.52 bits per heavy atom. The zero-order valence-electron chi connectivity index (χ0n) is 13.8. The number of pyridine rings is 1. The molecule has 131 valence electrons. The van der Waals surface area contributed by atoms with Crippen LogP contribution in [-0.2, 0) is 6.18 Å². The largest absolute Gasteiger partial charge is 0.456 e. The summed E-state index contributed by atoms with van der Waals surface area (Å²) in [6.45, 7) is 0. The van der Waals surface area contributed by atoms with Crippen molar-refractivity contribution in [3.8, 4) is 11.3 Å². The van der Waals surface area contributed by atoms with Gasteiger partial charge in [0.15, 0.2) is 0 Å². The zero-order chi connectivity index (χ0) is 18.6. The van der Waals surface area contributed by atoms with Crippen LogP contribution in [0.5, 0.6) is 0 Å². The summed E-state index contributed by atoms with van der Waals surface area (Å²) in [6.07, 6.45) is -4.40. The molecule has 0 atom stereocenters. The first kappa shape index (κ1) is 15.9. The Balaban J connectivity index is 1.68. The average molecular weight is 362 g/mol. The molecule has 0 fully saturated rings. The van der Waals surface area contributed by atoms with Crippen LogP contribution in [0, 0.1) is 6.07 Å². The molecule has 5 aromatic rings. The topological polar surface area (TPSA) is 26.0 Å². The van der Waals surface area contributed by atoms with Crippen LogP contribution in [0.1, 0.15) is 5.56 Å². The lowest BCUT2D eigenvalue weighted by atomic mass is 10.0. The van der Waals surface area contributed by atoms with E-state index >= 15 is 0 Å². The Bertz CT molecular complexity index is 1320. The van der Waals surface area contributed by atoms with Gasteiger partial charge in [0.05, 0.1) is 16.8 Å². The summed E-state index contributed by atoms with van der Waals surface area (Å²) in [4.78, 5) is 4.40. The summed E-state index contributed by atoms with van der Waals surface area (Å²) in [6, 6.07) is 21.6. The van der Waals surface area contributed by atoms with Gasteiger partial charge in [-0.3, -0.25) is 0 Å². The van der Waals surface area contributed by atoms with Crippen LogP contribution in [0.25, 0.3) is 44.1 Å². The third-order valence-corrected chi connectivity index (χ3v) is 4.60. The molecule has 0 saturated carbocycles. The molecule has 2 aromatic heterocycles. The number of aromatic nitrogens is 1. The van der Waals surface area contributed by atoms with E-state index < -0.39 is 11.7 Å². The van der Waals surface area contributed by atoms with Gasteiger partial charge < -0.3 is 4.42 Å². The van der Waals surface area contributed by atoms with E-state index in [1.807, 2.05) is 42.5 Å². The lowest BCUT2D eigenvalue weighted by molar-refractivity contribution is -0.137. The highest BCUT2D eigenvalue weighted by Gasteiger charge is 2.30. The molecule has 0 saturated heterocycles. The van der Waals surface area contributed by atoms with E-state index in [9.17, 15) is 13.2 Å².